The Kier molecular flexibility index (Phi) is 4.62. The molecule has 12 nitrogen and oxygen atoms in total. The van der Waals surface area contributed by atoms with Crippen LogP contribution in [-0.2, 0) is 4.74 Å². The lowest BCUT2D eigenvalue weighted by Crippen LogP contribution is -2.01. The van der Waals surface area contributed by atoms with Gasteiger partial charge in [0.15, 0.2) is 17.3 Å². The van der Waals surface area contributed by atoms with Crippen LogP contribution in [0.4, 0.5) is 5.82 Å². The summed E-state index contributed by atoms with van der Waals surface area (Å²) in [6.07, 6.45) is 3.20. The van der Waals surface area contributed by atoms with E-state index in [1.54, 1.807) is 42.9 Å². The maximum Gasteiger partial charge on any atom is 0.337 e. The van der Waals surface area contributed by atoms with Gasteiger partial charge in [-0.25, -0.2) is 24.4 Å². The summed E-state index contributed by atoms with van der Waals surface area (Å²) in [6, 6.07) is 14.1. The highest BCUT2D eigenvalue weighted by Crippen LogP contribution is 2.32. The minimum atomic E-state index is -0.464. The van der Waals surface area contributed by atoms with Crippen molar-refractivity contribution in [2.24, 2.45) is 0 Å². The summed E-state index contributed by atoms with van der Waals surface area (Å²) in [5, 5.41) is 7.62. The lowest BCUT2D eigenvalue weighted by Gasteiger charge is -2.09. The molecular formula is C23H16N8O4. The average molecular weight is 468 g/mol. The number of aromatic amines is 1. The van der Waals surface area contributed by atoms with Gasteiger partial charge in [0.1, 0.15) is 11.3 Å². The number of ether oxygens (including phenoxy) is 2. The van der Waals surface area contributed by atoms with E-state index in [9.17, 15) is 4.79 Å². The molecule has 0 radical (unpaired) electrons. The Morgan fingerprint density at radius 2 is 2.00 bits per heavy atom. The molecule has 0 bridgehead atoms. The quantitative estimate of drug-likeness (QED) is 0.358. The number of methoxy groups -OCH3 is 1. The Balaban J connectivity index is 1.50. The van der Waals surface area contributed by atoms with E-state index in [2.05, 4.69) is 30.2 Å². The zero-order valence-electron chi connectivity index (χ0n) is 18.2. The number of rotatable bonds is 5. The molecule has 0 amide bonds. The summed E-state index contributed by atoms with van der Waals surface area (Å²) in [5.41, 5.74) is 10.3. The first-order chi connectivity index (χ1) is 17.1. The van der Waals surface area contributed by atoms with Gasteiger partial charge in [0.05, 0.1) is 47.4 Å². The second-order valence-corrected chi connectivity index (χ2v) is 7.51. The monoisotopic (exact) mass is 468 g/mol. The maximum atomic E-state index is 11.9. The van der Waals surface area contributed by atoms with E-state index in [4.69, 9.17) is 19.8 Å². The number of H-pyrrole nitrogens is 1. The summed E-state index contributed by atoms with van der Waals surface area (Å²) < 4.78 is 17.4. The average Bonchev–Trinajstić information content (AvgIpc) is 3.60. The van der Waals surface area contributed by atoms with Gasteiger partial charge in [-0.15, -0.1) is 0 Å². The van der Waals surface area contributed by atoms with Gasteiger partial charge in [0.25, 0.3) is 0 Å². The fraction of sp³-hybridized carbons (Fsp3) is 0.0435. The zero-order valence-corrected chi connectivity index (χ0v) is 18.2. The molecule has 2 aromatic carbocycles. The van der Waals surface area contributed by atoms with Gasteiger partial charge in [-0.05, 0) is 46.7 Å². The SMILES string of the molecule is COC(=O)c1cccc(Oc2cc3c(cn2)nc(-c2nonc2N)n3-c2ccc3[nH]cnc3c2)c1. The van der Waals surface area contributed by atoms with Crippen molar-refractivity contribution in [3.05, 3.63) is 66.6 Å². The first kappa shape index (κ1) is 20.4. The van der Waals surface area contributed by atoms with E-state index in [1.807, 2.05) is 22.8 Å². The van der Waals surface area contributed by atoms with E-state index in [-0.39, 0.29) is 11.5 Å². The Morgan fingerprint density at radius 1 is 1.09 bits per heavy atom. The van der Waals surface area contributed by atoms with Crippen molar-refractivity contribution in [1.29, 1.82) is 0 Å². The topological polar surface area (TPSA) is 160 Å². The van der Waals surface area contributed by atoms with Crippen LogP contribution in [0, 0.1) is 0 Å². The van der Waals surface area contributed by atoms with Crippen LogP contribution in [0.25, 0.3) is 39.3 Å². The van der Waals surface area contributed by atoms with Crippen LogP contribution in [0.1, 0.15) is 10.4 Å². The molecule has 0 aliphatic rings. The number of nitrogen functional groups attached to an aromatic ring is 1. The standard InChI is InChI=1S/C23H16N8O4/c1-33-23(32)12-3-2-4-14(7-12)34-19-9-18-17(10-25-19)28-22(20-21(24)30-35-29-20)31(18)13-5-6-15-16(8-13)27-11-26-15/h2-11H,1H3,(H2,24,30)(H,26,27). The molecule has 6 rings (SSSR count). The number of nitrogens with zero attached hydrogens (tertiary/aromatic N) is 6. The van der Waals surface area contributed by atoms with Crippen LogP contribution < -0.4 is 10.5 Å². The molecule has 0 fully saturated rings. The number of hydrogen-bond acceptors (Lipinski definition) is 10. The van der Waals surface area contributed by atoms with Crippen molar-refractivity contribution in [3.8, 4) is 28.8 Å². The lowest BCUT2D eigenvalue weighted by molar-refractivity contribution is 0.0600. The van der Waals surface area contributed by atoms with E-state index >= 15 is 0 Å². The van der Waals surface area contributed by atoms with Crippen LogP contribution in [0.3, 0.4) is 0 Å². The maximum absolute atomic E-state index is 11.9. The normalized spacial score (nSPS) is 11.2. The van der Waals surface area contributed by atoms with Crippen LogP contribution in [0.15, 0.2) is 65.7 Å². The third-order valence-electron chi connectivity index (χ3n) is 5.38. The molecule has 0 saturated carbocycles. The lowest BCUT2D eigenvalue weighted by atomic mass is 10.2. The number of esters is 1. The fourth-order valence-corrected chi connectivity index (χ4v) is 3.77. The molecule has 12 heteroatoms. The molecule has 35 heavy (non-hydrogen) atoms. The molecule has 0 aliphatic carbocycles. The number of nitrogens with two attached hydrogens (primary N) is 1. The van der Waals surface area contributed by atoms with Crippen molar-refractivity contribution >= 4 is 33.9 Å². The predicted molar refractivity (Wildman–Crippen MR) is 124 cm³/mol. The Hall–Kier alpha value is -5.26. The molecule has 0 spiro atoms. The molecule has 3 N–H and O–H groups in total. The van der Waals surface area contributed by atoms with Crippen LogP contribution in [-0.4, -0.2) is 47.9 Å². The summed E-state index contributed by atoms with van der Waals surface area (Å²) in [7, 11) is 1.32. The van der Waals surface area contributed by atoms with Gasteiger partial charge in [-0.1, -0.05) is 6.07 Å². The third-order valence-corrected chi connectivity index (χ3v) is 5.38. The number of fused-ring (bicyclic) bond motifs is 2. The number of anilines is 1. The van der Waals surface area contributed by atoms with Gasteiger partial charge in [0, 0.05) is 6.07 Å². The van der Waals surface area contributed by atoms with Gasteiger partial charge in [0.2, 0.25) is 5.88 Å². The zero-order chi connectivity index (χ0) is 23.9. The Morgan fingerprint density at radius 3 is 2.83 bits per heavy atom. The van der Waals surface area contributed by atoms with Gasteiger partial charge in [-0.3, -0.25) is 4.57 Å². The molecule has 4 heterocycles. The minimum absolute atomic E-state index is 0.103. The van der Waals surface area contributed by atoms with Crippen LogP contribution >= 0.6 is 0 Å². The largest absolute Gasteiger partial charge is 0.465 e. The smallest absolute Gasteiger partial charge is 0.337 e. The molecule has 6 aromatic rings. The number of benzene rings is 2. The highest BCUT2D eigenvalue weighted by Gasteiger charge is 2.22. The fourth-order valence-electron chi connectivity index (χ4n) is 3.77. The first-order valence-corrected chi connectivity index (χ1v) is 10.4. The third kappa shape index (κ3) is 3.49. The molecule has 0 aliphatic heterocycles. The number of nitrogens with one attached hydrogen (secondary N) is 1. The van der Waals surface area contributed by atoms with Crippen LogP contribution in [0.2, 0.25) is 0 Å². The molecule has 0 unspecified atom stereocenters. The summed E-state index contributed by atoms with van der Waals surface area (Å²) in [4.78, 5) is 28.3. The number of aromatic nitrogens is 7. The van der Waals surface area contributed by atoms with Crippen molar-refractivity contribution in [2.45, 2.75) is 0 Å². The van der Waals surface area contributed by atoms with E-state index < -0.39 is 5.97 Å². The molecule has 0 saturated heterocycles. The summed E-state index contributed by atoms with van der Waals surface area (Å²) in [5.74, 6) is 0.772. The van der Waals surface area contributed by atoms with Crippen molar-refractivity contribution in [3.63, 3.8) is 0 Å². The van der Waals surface area contributed by atoms with Crippen molar-refractivity contribution in [2.75, 3.05) is 12.8 Å². The van der Waals surface area contributed by atoms with Gasteiger partial charge in [-0.2, -0.15) is 0 Å². The molecule has 0 atom stereocenters. The predicted octanol–water partition coefficient (Wildman–Crippen LogP) is 3.51. The minimum Gasteiger partial charge on any atom is -0.465 e. The van der Waals surface area contributed by atoms with Crippen LogP contribution in [0.5, 0.6) is 11.6 Å². The second kappa shape index (κ2) is 7.95. The van der Waals surface area contributed by atoms with E-state index in [0.29, 0.717) is 34.1 Å². The van der Waals surface area contributed by atoms with Gasteiger partial charge >= 0.3 is 5.97 Å². The summed E-state index contributed by atoms with van der Waals surface area (Å²) >= 11 is 0. The van der Waals surface area contributed by atoms with E-state index in [1.165, 1.54) is 7.11 Å². The van der Waals surface area contributed by atoms with Crippen molar-refractivity contribution < 1.29 is 18.9 Å². The number of pyridine rings is 1. The van der Waals surface area contributed by atoms with Gasteiger partial charge < -0.3 is 20.2 Å². The summed E-state index contributed by atoms with van der Waals surface area (Å²) in [6.45, 7) is 0. The molecule has 4 aromatic heterocycles. The first-order valence-electron chi connectivity index (χ1n) is 10.4. The molecular weight excluding hydrogens is 452 g/mol. The number of hydrogen-bond donors (Lipinski definition) is 2. The molecule has 172 valence electrons. The highest BCUT2D eigenvalue weighted by atomic mass is 16.6. The highest BCUT2D eigenvalue weighted by molar-refractivity contribution is 5.90. The number of imidazole rings is 2. The number of carbonyl (C=O) groups excluding carboxylic acids is 1. The Bertz CT molecular complexity index is 1720. The Labute approximate surface area is 196 Å². The second-order valence-electron chi connectivity index (χ2n) is 7.51. The number of carbonyl (C=O) groups is 1. The van der Waals surface area contributed by atoms with Crippen molar-refractivity contribution in [1.82, 2.24) is 34.8 Å². The van der Waals surface area contributed by atoms with E-state index in [0.717, 1.165) is 16.7 Å².